The van der Waals surface area contributed by atoms with E-state index >= 15 is 0 Å². The van der Waals surface area contributed by atoms with Crippen LogP contribution in [0.4, 0.5) is 0 Å². The molecule has 0 aliphatic carbocycles. The van der Waals surface area contributed by atoms with Crippen molar-refractivity contribution in [2.24, 2.45) is 27.8 Å². The first-order chi connectivity index (χ1) is 17.3. The summed E-state index contributed by atoms with van der Waals surface area (Å²) >= 11 is 0. The van der Waals surface area contributed by atoms with Gasteiger partial charge in [0.2, 0.25) is 5.91 Å². The second-order valence-corrected chi connectivity index (χ2v) is 9.82. The highest BCUT2D eigenvalue weighted by molar-refractivity contribution is 6.00. The number of carbonyl (C=O) groups excluding carboxylic acids is 1. The normalized spacial score (nSPS) is 19.2. The lowest BCUT2D eigenvalue weighted by Crippen LogP contribution is -2.37. The van der Waals surface area contributed by atoms with Gasteiger partial charge in [0.1, 0.15) is 5.82 Å². The lowest BCUT2D eigenvalue weighted by atomic mass is 9.83. The summed E-state index contributed by atoms with van der Waals surface area (Å²) in [6, 6.07) is -0.275. The molecule has 1 saturated heterocycles. The maximum atomic E-state index is 11.8. The highest BCUT2D eigenvalue weighted by Crippen LogP contribution is 2.31. The molecule has 0 aromatic carbocycles. The first kappa shape index (κ1) is 33.7. The minimum absolute atomic E-state index is 0.251. The minimum atomic E-state index is -0.943. The summed E-state index contributed by atoms with van der Waals surface area (Å²) in [7, 11) is 0. The molecule has 0 radical (unpaired) electrons. The summed E-state index contributed by atoms with van der Waals surface area (Å²) in [6.45, 7) is 19.5. The zero-order chi connectivity index (χ0) is 28.8. The number of carbonyl (C=O) groups is 2. The summed E-state index contributed by atoms with van der Waals surface area (Å²) in [6.07, 6.45) is 12.0. The number of aliphatic imine (C=N–C) groups is 1. The molecule has 0 aromatic rings. The number of nitrogens with zero attached hydrogens (tertiary/aromatic N) is 2. The van der Waals surface area contributed by atoms with E-state index in [4.69, 9.17) is 16.5 Å². The van der Waals surface area contributed by atoms with Gasteiger partial charge in [-0.3, -0.25) is 9.59 Å². The zero-order valence-electron chi connectivity index (χ0n) is 24.3. The van der Waals surface area contributed by atoms with Gasteiger partial charge in [0, 0.05) is 30.6 Å². The van der Waals surface area contributed by atoms with Crippen LogP contribution in [-0.4, -0.2) is 46.7 Å². The number of aliphatic carboxylic acids is 1. The third-order valence-electron chi connectivity index (χ3n) is 6.32. The molecule has 8 heteroatoms. The predicted molar refractivity (Wildman–Crippen MR) is 155 cm³/mol. The van der Waals surface area contributed by atoms with E-state index in [1.807, 2.05) is 53.7 Å². The summed E-state index contributed by atoms with van der Waals surface area (Å²) in [5, 5.41) is 12.9. The Bertz CT molecular complexity index is 945. The van der Waals surface area contributed by atoms with Crippen LogP contribution in [0.5, 0.6) is 0 Å². The van der Waals surface area contributed by atoms with E-state index < -0.39 is 17.8 Å². The molecule has 0 spiro atoms. The third kappa shape index (κ3) is 12.0. The topological polar surface area (TPSA) is 134 Å². The van der Waals surface area contributed by atoms with Crippen LogP contribution < -0.4 is 16.8 Å². The molecule has 6 N–H and O–H groups in total. The number of allylic oxidation sites excluding steroid dienone is 5. The van der Waals surface area contributed by atoms with Crippen molar-refractivity contribution >= 4 is 17.6 Å². The standard InChI is InChI=1S/C27H43N5O3.C2H6/c1-8-18(2)16-22(20(4)30-23(10-9-13-28)19(3)26(34)35)21(5)31-25(17-24(29)33)32-14-11-27(6,7)12-15-32;1-2/h8-10,13,16-17,19-20,30H,11-12,14-15,28H2,1-7H3,(H2,29,33)(H,34,35);1-2H3/b13-9-,18-8-,22-16-,23-10+,25-17+,31-21+;. The summed E-state index contributed by atoms with van der Waals surface area (Å²) in [4.78, 5) is 30.4. The van der Waals surface area contributed by atoms with Crippen LogP contribution >= 0.6 is 0 Å². The van der Waals surface area contributed by atoms with Gasteiger partial charge in [-0.1, -0.05) is 45.4 Å². The molecular formula is C29H49N5O3. The van der Waals surface area contributed by atoms with Gasteiger partial charge in [0.15, 0.2) is 0 Å². The number of primary amides is 1. The number of rotatable bonds is 11. The fraction of sp³-hybridized carbons (Fsp3) is 0.552. The molecule has 0 bridgehead atoms. The fourth-order valence-electron chi connectivity index (χ4n) is 3.71. The van der Waals surface area contributed by atoms with E-state index in [1.54, 1.807) is 19.1 Å². The Kier molecular flexibility index (Phi) is 15.0. The Hall–Kier alpha value is -3.29. The molecule has 1 fully saturated rings. The Balaban J connectivity index is 0.00000631. The average Bonchev–Trinajstić information content (AvgIpc) is 2.84. The Morgan fingerprint density at radius 2 is 1.68 bits per heavy atom. The first-order valence-corrected chi connectivity index (χ1v) is 13.0. The van der Waals surface area contributed by atoms with Crippen molar-refractivity contribution in [3.05, 3.63) is 59.2 Å². The van der Waals surface area contributed by atoms with Crippen molar-refractivity contribution in [1.29, 1.82) is 0 Å². The number of nitrogens with two attached hydrogens (primary N) is 2. The molecule has 0 saturated carbocycles. The lowest BCUT2D eigenvalue weighted by Gasteiger charge is -2.38. The molecule has 37 heavy (non-hydrogen) atoms. The van der Waals surface area contributed by atoms with Crippen LogP contribution in [0.15, 0.2) is 64.2 Å². The number of amides is 1. The van der Waals surface area contributed by atoms with Crippen LogP contribution in [0, 0.1) is 11.3 Å². The zero-order valence-corrected chi connectivity index (χ0v) is 24.3. The number of hydrogen-bond donors (Lipinski definition) is 4. The van der Waals surface area contributed by atoms with Gasteiger partial charge in [-0.15, -0.1) is 0 Å². The molecule has 8 nitrogen and oxygen atoms in total. The van der Waals surface area contributed by atoms with Crippen LogP contribution in [0.3, 0.4) is 0 Å². The maximum absolute atomic E-state index is 11.8. The smallest absolute Gasteiger partial charge is 0.312 e. The number of nitrogens with one attached hydrogen (secondary N) is 1. The van der Waals surface area contributed by atoms with Crippen LogP contribution in [-0.2, 0) is 9.59 Å². The highest BCUT2D eigenvalue weighted by atomic mass is 16.4. The second kappa shape index (κ2) is 16.5. The van der Waals surface area contributed by atoms with Gasteiger partial charge in [-0.25, -0.2) is 4.99 Å². The third-order valence-corrected chi connectivity index (χ3v) is 6.32. The maximum Gasteiger partial charge on any atom is 0.312 e. The van der Waals surface area contributed by atoms with Crippen LogP contribution in [0.1, 0.15) is 75.2 Å². The fourth-order valence-corrected chi connectivity index (χ4v) is 3.71. The molecule has 1 heterocycles. The quantitative estimate of drug-likeness (QED) is 0.176. The predicted octanol–water partition coefficient (Wildman–Crippen LogP) is 4.87. The van der Waals surface area contributed by atoms with E-state index in [2.05, 4.69) is 24.1 Å². The van der Waals surface area contributed by atoms with Crippen LogP contribution in [0.2, 0.25) is 0 Å². The van der Waals surface area contributed by atoms with E-state index in [0.717, 1.165) is 37.1 Å². The van der Waals surface area contributed by atoms with Gasteiger partial charge in [0.05, 0.1) is 12.0 Å². The van der Waals surface area contributed by atoms with Crippen molar-refractivity contribution in [3.8, 4) is 0 Å². The van der Waals surface area contributed by atoms with Crippen molar-refractivity contribution < 1.29 is 14.7 Å². The largest absolute Gasteiger partial charge is 0.481 e. The van der Waals surface area contributed by atoms with Crippen LogP contribution in [0.25, 0.3) is 0 Å². The molecule has 2 unspecified atom stereocenters. The number of likely N-dealkylation sites (tertiary alicyclic amines) is 1. The van der Waals surface area contributed by atoms with E-state index in [-0.39, 0.29) is 11.5 Å². The number of piperidine rings is 1. The Morgan fingerprint density at radius 3 is 2.14 bits per heavy atom. The molecule has 2 atom stereocenters. The Morgan fingerprint density at radius 1 is 1.11 bits per heavy atom. The highest BCUT2D eigenvalue weighted by Gasteiger charge is 2.27. The van der Waals surface area contributed by atoms with Crippen molar-refractivity contribution in [1.82, 2.24) is 10.2 Å². The van der Waals surface area contributed by atoms with Gasteiger partial charge < -0.3 is 26.8 Å². The molecule has 1 rings (SSSR count). The lowest BCUT2D eigenvalue weighted by molar-refractivity contribution is -0.140. The van der Waals surface area contributed by atoms with E-state index in [1.165, 1.54) is 12.3 Å². The molecular weight excluding hydrogens is 466 g/mol. The van der Waals surface area contributed by atoms with E-state index in [9.17, 15) is 14.7 Å². The number of carboxylic acids is 1. The summed E-state index contributed by atoms with van der Waals surface area (Å²) in [5.41, 5.74) is 14.4. The average molecular weight is 516 g/mol. The first-order valence-electron chi connectivity index (χ1n) is 13.0. The summed E-state index contributed by atoms with van der Waals surface area (Å²) in [5.74, 6) is -1.70. The molecule has 208 valence electrons. The monoisotopic (exact) mass is 515 g/mol. The second-order valence-electron chi connectivity index (χ2n) is 9.82. The van der Waals surface area contributed by atoms with Crippen molar-refractivity contribution in [3.63, 3.8) is 0 Å². The van der Waals surface area contributed by atoms with Gasteiger partial charge >= 0.3 is 5.97 Å². The number of hydrogen-bond acceptors (Lipinski definition) is 6. The SMILES string of the molecule is CC.C\C=C(C)/C=C(\C(C)=N\C(=C/C(N)=O)N1CCC(C)(C)CC1)C(C)N/C(=C/C=C\N)C(C)C(=O)O. The Labute approximate surface area is 224 Å². The van der Waals surface area contributed by atoms with Gasteiger partial charge in [-0.2, -0.15) is 0 Å². The molecule has 0 aromatic heterocycles. The van der Waals surface area contributed by atoms with E-state index in [0.29, 0.717) is 17.2 Å². The van der Waals surface area contributed by atoms with Crippen molar-refractivity contribution in [2.75, 3.05) is 13.1 Å². The van der Waals surface area contributed by atoms with Gasteiger partial charge in [-0.05, 0) is 76.8 Å². The summed E-state index contributed by atoms with van der Waals surface area (Å²) < 4.78 is 0. The number of carboxylic acid groups (broad SMARTS) is 1. The molecule has 1 amide bonds. The van der Waals surface area contributed by atoms with Crippen molar-refractivity contribution in [2.45, 2.75) is 81.2 Å². The molecule has 1 aliphatic rings. The van der Waals surface area contributed by atoms with Gasteiger partial charge in [0.25, 0.3) is 0 Å². The molecule has 1 aliphatic heterocycles. The minimum Gasteiger partial charge on any atom is -0.481 e.